The van der Waals surface area contributed by atoms with Gasteiger partial charge in [0.05, 0.1) is 0 Å². The molecule has 3 rings (SSSR count). The van der Waals surface area contributed by atoms with Gasteiger partial charge in [0.2, 0.25) is 0 Å². The fourth-order valence-corrected chi connectivity index (χ4v) is 5.16. The molecule has 1 aromatic rings. The highest BCUT2D eigenvalue weighted by Crippen LogP contribution is 2.33. The minimum atomic E-state index is -0.719. The molecule has 2 heterocycles. The second kappa shape index (κ2) is 8.41. The van der Waals surface area contributed by atoms with Crippen molar-refractivity contribution in [1.29, 1.82) is 0 Å². The number of nitrogens with zero attached hydrogens (tertiary/aromatic N) is 3. The van der Waals surface area contributed by atoms with Crippen LogP contribution in [0.2, 0.25) is 0 Å². The van der Waals surface area contributed by atoms with E-state index in [0.29, 0.717) is 30.8 Å². The molecule has 2 aliphatic heterocycles. The van der Waals surface area contributed by atoms with Gasteiger partial charge >= 0.3 is 0 Å². The van der Waals surface area contributed by atoms with Crippen LogP contribution < -0.4 is 5.73 Å². The van der Waals surface area contributed by atoms with Gasteiger partial charge < -0.3 is 5.73 Å². The van der Waals surface area contributed by atoms with Crippen molar-refractivity contribution in [3.63, 3.8) is 0 Å². The van der Waals surface area contributed by atoms with Crippen molar-refractivity contribution in [1.82, 2.24) is 9.21 Å². The highest BCUT2D eigenvalue weighted by atomic mass is 32.2. The second-order valence-electron chi connectivity index (χ2n) is 8.63. The number of carbonyl (C=O) groups is 1. The average Bonchev–Trinajstić information content (AvgIpc) is 2.82. The molecule has 5 nitrogen and oxygen atoms in total. The number of piperidine rings is 1. The maximum atomic E-state index is 13.5. The first-order valence-electron chi connectivity index (χ1n) is 10.0. The molecule has 0 aromatic heterocycles. The molecule has 0 spiro atoms. The predicted molar refractivity (Wildman–Crippen MR) is 112 cm³/mol. The molecule has 1 unspecified atom stereocenters. The van der Waals surface area contributed by atoms with Gasteiger partial charge in [-0.05, 0) is 74.6 Å². The number of aliphatic imine (C=N–C) groups is 1. The molecule has 1 aromatic carbocycles. The van der Waals surface area contributed by atoms with E-state index in [2.05, 4.69) is 23.1 Å². The zero-order valence-electron chi connectivity index (χ0n) is 17.2. The normalized spacial score (nSPS) is 24.3. The van der Waals surface area contributed by atoms with Crippen LogP contribution in [0.15, 0.2) is 28.1 Å². The van der Waals surface area contributed by atoms with Gasteiger partial charge in [-0.2, -0.15) is 0 Å². The molecular weight excluding hydrogens is 375 g/mol. The average molecular weight is 407 g/mol. The molecule has 7 heteroatoms. The molecular formula is C21H31FN4OS. The highest BCUT2D eigenvalue weighted by Gasteiger charge is 2.44. The van der Waals surface area contributed by atoms with Crippen molar-refractivity contribution in [2.24, 2.45) is 22.6 Å². The summed E-state index contributed by atoms with van der Waals surface area (Å²) >= 11 is 1.62. The summed E-state index contributed by atoms with van der Waals surface area (Å²) in [5, 5.41) is 0. The van der Waals surface area contributed by atoms with Crippen molar-refractivity contribution in [3.8, 4) is 0 Å². The van der Waals surface area contributed by atoms with Crippen LogP contribution in [0.4, 0.5) is 4.39 Å². The van der Waals surface area contributed by atoms with Crippen LogP contribution in [0.3, 0.4) is 0 Å². The van der Waals surface area contributed by atoms with Crippen LogP contribution in [0.5, 0.6) is 0 Å². The largest absolute Gasteiger partial charge is 0.369 e. The number of carbonyl (C=O) groups excluding carboxylic acids is 1. The molecule has 28 heavy (non-hydrogen) atoms. The molecule has 0 saturated carbocycles. The van der Waals surface area contributed by atoms with Crippen molar-refractivity contribution >= 4 is 23.8 Å². The van der Waals surface area contributed by atoms with E-state index in [0.717, 1.165) is 36.4 Å². The molecule has 0 radical (unpaired) electrons. The van der Waals surface area contributed by atoms with Crippen molar-refractivity contribution < 1.29 is 9.18 Å². The van der Waals surface area contributed by atoms with Crippen LogP contribution in [0, 0.1) is 24.6 Å². The summed E-state index contributed by atoms with van der Waals surface area (Å²) in [6, 6.07) is 4.92. The van der Waals surface area contributed by atoms with Gasteiger partial charge in [0.1, 0.15) is 11.4 Å². The van der Waals surface area contributed by atoms with E-state index < -0.39 is 5.54 Å². The summed E-state index contributed by atoms with van der Waals surface area (Å²) in [4.78, 5) is 20.1. The Morgan fingerprint density at radius 2 is 2.04 bits per heavy atom. The molecule has 1 atom stereocenters. The third-order valence-corrected chi connectivity index (χ3v) is 6.80. The summed E-state index contributed by atoms with van der Waals surface area (Å²) in [6.07, 6.45) is 2.68. The fraction of sp³-hybridized carbons (Fsp3) is 0.619. The lowest BCUT2D eigenvalue weighted by atomic mass is 9.90. The Balaban J connectivity index is 1.54. The standard InChI is InChI=1S/C21H31FN4OS/c1-14(2)12-21(4)19(27)26(20(23)24-21)13-16-7-9-25(10-8-16)28-18-11-17(22)6-5-15(18)3/h5-6,11,14,16H,7-10,12-13H2,1-4H3,(H2,23,24). The van der Waals surface area contributed by atoms with E-state index in [9.17, 15) is 9.18 Å². The highest BCUT2D eigenvalue weighted by molar-refractivity contribution is 7.97. The maximum Gasteiger partial charge on any atom is 0.257 e. The number of aryl methyl sites for hydroxylation is 1. The number of nitrogens with two attached hydrogens (primary N) is 1. The van der Waals surface area contributed by atoms with Crippen LogP contribution in [-0.4, -0.2) is 46.2 Å². The molecule has 0 bridgehead atoms. The first-order valence-corrected chi connectivity index (χ1v) is 10.8. The van der Waals surface area contributed by atoms with E-state index in [1.807, 2.05) is 19.9 Å². The second-order valence-corrected chi connectivity index (χ2v) is 9.77. The molecule has 1 amide bonds. The van der Waals surface area contributed by atoms with Crippen LogP contribution in [-0.2, 0) is 4.79 Å². The third kappa shape index (κ3) is 4.69. The predicted octanol–water partition coefficient (Wildman–Crippen LogP) is 3.81. The summed E-state index contributed by atoms with van der Waals surface area (Å²) in [6.45, 7) is 10.5. The molecule has 2 aliphatic rings. The fourth-order valence-electron chi connectivity index (χ4n) is 4.11. The SMILES string of the molecule is Cc1ccc(F)cc1SN1CCC(CN2C(=O)C(C)(CC(C)C)N=C2N)CC1. The van der Waals surface area contributed by atoms with Crippen LogP contribution in [0.1, 0.15) is 45.6 Å². The van der Waals surface area contributed by atoms with Crippen molar-refractivity contribution in [2.75, 3.05) is 19.6 Å². The lowest BCUT2D eigenvalue weighted by Gasteiger charge is -2.33. The van der Waals surface area contributed by atoms with E-state index in [1.165, 1.54) is 6.07 Å². The maximum absolute atomic E-state index is 13.5. The number of rotatable bonds is 6. The Hall–Kier alpha value is -1.60. The van der Waals surface area contributed by atoms with Gasteiger partial charge in [-0.1, -0.05) is 19.9 Å². The first kappa shape index (κ1) is 21.1. The van der Waals surface area contributed by atoms with Gasteiger partial charge in [-0.3, -0.25) is 9.69 Å². The van der Waals surface area contributed by atoms with Crippen LogP contribution >= 0.6 is 11.9 Å². The summed E-state index contributed by atoms with van der Waals surface area (Å²) in [5.41, 5.74) is 6.47. The van der Waals surface area contributed by atoms with Crippen molar-refractivity contribution in [2.45, 2.75) is 57.4 Å². The Morgan fingerprint density at radius 3 is 2.68 bits per heavy atom. The topological polar surface area (TPSA) is 61.9 Å². The Morgan fingerprint density at radius 1 is 1.36 bits per heavy atom. The molecule has 0 aliphatic carbocycles. The van der Waals surface area contributed by atoms with Crippen molar-refractivity contribution in [3.05, 3.63) is 29.6 Å². The summed E-state index contributed by atoms with van der Waals surface area (Å²) in [5.74, 6) is 0.988. The number of hydrogen-bond acceptors (Lipinski definition) is 5. The van der Waals surface area contributed by atoms with Gasteiger partial charge in [0.15, 0.2) is 5.96 Å². The summed E-state index contributed by atoms with van der Waals surface area (Å²) in [7, 11) is 0. The van der Waals surface area contributed by atoms with Gasteiger partial charge in [-0.25, -0.2) is 13.7 Å². The quantitative estimate of drug-likeness (QED) is 0.730. The van der Waals surface area contributed by atoms with Crippen LogP contribution in [0.25, 0.3) is 0 Å². The molecule has 1 fully saturated rings. The zero-order chi connectivity index (χ0) is 20.5. The zero-order valence-corrected chi connectivity index (χ0v) is 18.1. The number of benzene rings is 1. The summed E-state index contributed by atoms with van der Waals surface area (Å²) < 4.78 is 15.8. The number of halogens is 1. The Kier molecular flexibility index (Phi) is 6.34. The van der Waals surface area contributed by atoms with E-state index in [1.54, 1.807) is 22.9 Å². The third-order valence-electron chi connectivity index (χ3n) is 5.54. The minimum absolute atomic E-state index is 0.0332. The number of hydrogen-bond donors (Lipinski definition) is 1. The number of amides is 1. The lowest BCUT2D eigenvalue weighted by molar-refractivity contribution is -0.131. The molecule has 2 N–H and O–H groups in total. The Labute approximate surface area is 171 Å². The van der Waals surface area contributed by atoms with Gasteiger partial charge in [0.25, 0.3) is 5.91 Å². The van der Waals surface area contributed by atoms with E-state index in [4.69, 9.17) is 5.73 Å². The lowest BCUT2D eigenvalue weighted by Crippen LogP contribution is -2.46. The minimum Gasteiger partial charge on any atom is -0.369 e. The smallest absolute Gasteiger partial charge is 0.257 e. The van der Waals surface area contributed by atoms with Gasteiger partial charge in [0, 0.05) is 24.5 Å². The van der Waals surface area contributed by atoms with E-state index in [-0.39, 0.29) is 11.7 Å². The Bertz CT molecular complexity index is 761. The molecule has 154 valence electrons. The monoisotopic (exact) mass is 406 g/mol. The van der Waals surface area contributed by atoms with E-state index >= 15 is 0 Å². The number of guanidine groups is 1. The molecule has 1 saturated heterocycles. The van der Waals surface area contributed by atoms with Gasteiger partial charge in [-0.15, -0.1) is 0 Å². The first-order chi connectivity index (χ1) is 13.2.